The number of aryl methyl sites for hydroxylation is 1. The van der Waals surface area contributed by atoms with Gasteiger partial charge in [0, 0.05) is 35.7 Å². The number of amides is 1. The fraction of sp³-hybridized carbons (Fsp3) is 0.190. The normalized spacial score (nSPS) is 12.1. The molecule has 0 saturated heterocycles. The van der Waals surface area contributed by atoms with Gasteiger partial charge >= 0.3 is 0 Å². The van der Waals surface area contributed by atoms with Crippen LogP contribution in [0.5, 0.6) is 0 Å². The molecule has 9 heteroatoms. The SMILES string of the molecule is C[C@H](c1ncccn1)N(Cc1ccc(Br)cn1)C(=O)c1ccc2c(c1)nc(N)n2C. The Hall–Kier alpha value is -3.33. The number of aromatic nitrogens is 5. The van der Waals surface area contributed by atoms with Gasteiger partial charge in [-0.05, 0) is 59.3 Å². The van der Waals surface area contributed by atoms with Crippen molar-refractivity contribution in [3.63, 3.8) is 0 Å². The Bertz CT molecular complexity index is 1190. The van der Waals surface area contributed by atoms with Crippen molar-refractivity contribution in [1.29, 1.82) is 0 Å². The lowest BCUT2D eigenvalue weighted by Gasteiger charge is -2.28. The summed E-state index contributed by atoms with van der Waals surface area (Å²) in [6, 6.07) is 10.6. The third kappa shape index (κ3) is 3.88. The first-order valence-corrected chi connectivity index (χ1v) is 10.1. The topological polar surface area (TPSA) is 103 Å². The quantitative estimate of drug-likeness (QED) is 0.483. The average Bonchev–Trinajstić information content (AvgIpc) is 3.06. The molecule has 0 aliphatic rings. The van der Waals surface area contributed by atoms with Crippen molar-refractivity contribution >= 4 is 38.8 Å². The second-order valence-corrected chi connectivity index (χ2v) is 7.83. The number of imidazole rings is 1. The fourth-order valence-electron chi connectivity index (χ4n) is 3.24. The molecule has 0 unspecified atom stereocenters. The number of hydrogen-bond acceptors (Lipinski definition) is 6. The molecular formula is C21H20BrN7O. The number of hydrogen-bond donors (Lipinski definition) is 1. The van der Waals surface area contributed by atoms with Crippen LogP contribution in [0.1, 0.15) is 34.8 Å². The molecule has 3 heterocycles. The number of nitrogens with zero attached hydrogens (tertiary/aromatic N) is 6. The van der Waals surface area contributed by atoms with Gasteiger partial charge in [-0.2, -0.15) is 0 Å². The number of anilines is 1. The zero-order chi connectivity index (χ0) is 21.3. The molecule has 0 fully saturated rings. The number of halogens is 1. The van der Waals surface area contributed by atoms with Crippen LogP contribution in [0.25, 0.3) is 11.0 Å². The Morgan fingerprint density at radius 3 is 2.67 bits per heavy atom. The summed E-state index contributed by atoms with van der Waals surface area (Å²) in [6.07, 6.45) is 5.05. The predicted molar refractivity (Wildman–Crippen MR) is 117 cm³/mol. The molecule has 3 aromatic heterocycles. The van der Waals surface area contributed by atoms with Crippen molar-refractivity contribution in [1.82, 2.24) is 29.4 Å². The summed E-state index contributed by atoms with van der Waals surface area (Å²) in [5, 5.41) is 0. The highest BCUT2D eigenvalue weighted by Gasteiger charge is 2.26. The van der Waals surface area contributed by atoms with E-state index in [1.165, 1.54) is 0 Å². The monoisotopic (exact) mass is 465 g/mol. The van der Waals surface area contributed by atoms with E-state index in [-0.39, 0.29) is 11.9 Å². The first-order chi connectivity index (χ1) is 14.4. The highest BCUT2D eigenvalue weighted by Crippen LogP contribution is 2.24. The van der Waals surface area contributed by atoms with Crippen molar-refractivity contribution in [3.8, 4) is 0 Å². The number of carbonyl (C=O) groups excluding carboxylic acids is 1. The smallest absolute Gasteiger partial charge is 0.254 e. The number of pyridine rings is 1. The van der Waals surface area contributed by atoms with Gasteiger partial charge in [-0.15, -0.1) is 0 Å². The van der Waals surface area contributed by atoms with Crippen molar-refractivity contribution in [2.24, 2.45) is 7.05 Å². The van der Waals surface area contributed by atoms with Gasteiger partial charge < -0.3 is 15.2 Å². The fourth-order valence-corrected chi connectivity index (χ4v) is 3.48. The maximum atomic E-state index is 13.5. The van der Waals surface area contributed by atoms with Crippen LogP contribution in [-0.2, 0) is 13.6 Å². The largest absolute Gasteiger partial charge is 0.369 e. The highest BCUT2D eigenvalue weighted by atomic mass is 79.9. The molecule has 1 amide bonds. The molecule has 1 atom stereocenters. The molecule has 4 rings (SSSR count). The van der Waals surface area contributed by atoms with Gasteiger partial charge in [-0.1, -0.05) is 0 Å². The minimum atomic E-state index is -0.353. The lowest BCUT2D eigenvalue weighted by molar-refractivity contribution is 0.0663. The van der Waals surface area contributed by atoms with Crippen LogP contribution in [0.4, 0.5) is 5.95 Å². The Morgan fingerprint density at radius 1 is 1.20 bits per heavy atom. The van der Waals surface area contributed by atoms with Gasteiger partial charge in [-0.25, -0.2) is 15.0 Å². The van der Waals surface area contributed by atoms with Crippen LogP contribution < -0.4 is 5.73 Å². The summed E-state index contributed by atoms with van der Waals surface area (Å²) in [7, 11) is 1.84. The molecule has 0 spiro atoms. The highest BCUT2D eigenvalue weighted by molar-refractivity contribution is 9.10. The lowest BCUT2D eigenvalue weighted by Crippen LogP contribution is -2.34. The molecule has 0 bridgehead atoms. The van der Waals surface area contributed by atoms with Crippen LogP contribution in [0.2, 0.25) is 0 Å². The number of carbonyl (C=O) groups is 1. The van der Waals surface area contributed by atoms with E-state index in [9.17, 15) is 4.79 Å². The van der Waals surface area contributed by atoms with E-state index >= 15 is 0 Å². The van der Waals surface area contributed by atoms with Gasteiger partial charge in [0.1, 0.15) is 5.82 Å². The molecule has 8 nitrogen and oxygen atoms in total. The Balaban J connectivity index is 1.72. The third-order valence-corrected chi connectivity index (χ3v) is 5.44. The van der Waals surface area contributed by atoms with Crippen molar-refractivity contribution in [2.75, 3.05) is 5.73 Å². The van der Waals surface area contributed by atoms with Crippen LogP contribution in [0.3, 0.4) is 0 Å². The van der Waals surface area contributed by atoms with Gasteiger partial charge in [0.05, 0.1) is 29.3 Å². The first-order valence-electron chi connectivity index (χ1n) is 9.34. The molecule has 0 aliphatic carbocycles. The van der Waals surface area contributed by atoms with E-state index in [1.54, 1.807) is 46.3 Å². The zero-order valence-electron chi connectivity index (χ0n) is 16.5. The van der Waals surface area contributed by atoms with E-state index < -0.39 is 0 Å². The van der Waals surface area contributed by atoms with E-state index in [2.05, 4.69) is 35.9 Å². The maximum absolute atomic E-state index is 13.5. The Labute approximate surface area is 181 Å². The minimum absolute atomic E-state index is 0.161. The zero-order valence-corrected chi connectivity index (χ0v) is 18.1. The molecular weight excluding hydrogens is 446 g/mol. The van der Waals surface area contributed by atoms with Crippen molar-refractivity contribution < 1.29 is 4.79 Å². The number of rotatable bonds is 5. The molecule has 1 aromatic carbocycles. The van der Waals surface area contributed by atoms with Crippen molar-refractivity contribution in [3.05, 3.63) is 76.5 Å². The van der Waals surface area contributed by atoms with Crippen LogP contribution in [0, 0.1) is 0 Å². The minimum Gasteiger partial charge on any atom is -0.369 e. The van der Waals surface area contributed by atoms with Gasteiger partial charge in [0.15, 0.2) is 0 Å². The average molecular weight is 466 g/mol. The van der Waals surface area contributed by atoms with Crippen LogP contribution in [-0.4, -0.2) is 35.3 Å². The molecule has 2 N–H and O–H groups in total. The summed E-state index contributed by atoms with van der Waals surface area (Å²) in [5.74, 6) is 0.800. The summed E-state index contributed by atoms with van der Waals surface area (Å²) in [6.45, 7) is 2.22. The number of benzene rings is 1. The molecule has 0 aliphatic heterocycles. The molecule has 4 aromatic rings. The summed E-state index contributed by atoms with van der Waals surface area (Å²) in [4.78, 5) is 32.7. The lowest BCUT2D eigenvalue weighted by atomic mass is 10.1. The number of nitrogens with two attached hydrogens (primary N) is 1. The third-order valence-electron chi connectivity index (χ3n) is 4.97. The van der Waals surface area contributed by atoms with Gasteiger partial charge in [0.2, 0.25) is 5.95 Å². The molecule has 0 saturated carbocycles. The molecule has 30 heavy (non-hydrogen) atoms. The van der Waals surface area contributed by atoms with E-state index in [4.69, 9.17) is 5.73 Å². The maximum Gasteiger partial charge on any atom is 0.254 e. The standard InChI is InChI=1S/C21H20BrN7O/c1-13(19-24-8-3-9-25-19)29(12-16-6-5-15(22)11-26-16)20(30)14-4-7-18-17(10-14)27-21(23)28(18)2/h3-11,13H,12H2,1-2H3,(H2,23,27)/t13-/m1/s1. The Kier molecular flexibility index (Phi) is 5.45. The second kappa shape index (κ2) is 8.19. The van der Waals surface area contributed by atoms with Crippen LogP contribution in [0.15, 0.2) is 59.5 Å². The first kappa shape index (κ1) is 20.0. The van der Waals surface area contributed by atoms with E-state index in [1.807, 2.05) is 32.2 Å². The van der Waals surface area contributed by atoms with E-state index in [0.29, 0.717) is 29.4 Å². The van der Waals surface area contributed by atoms with Crippen LogP contribution >= 0.6 is 15.9 Å². The second-order valence-electron chi connectivity index (χ2n) is 6.92. The molecule has 152 valence electrons. The van der Waals surface area contributed by atoms with Gasteiger partial charge in [0.25, 0.3) is 5.91 Å². The summed E-state index contributed by atoms with van der Waals surface area (Å²) in [5.41, 5.74) is 8.72. The number of fused-ring (bicyclic) bond motifs is 1. The van der Waals surface area contributed by atoms with Gasteiger partial charge in [-0.3, -0.25) is 9.78 Å². The number of nitrogen functional groups attached to an aromatic ring is 1. The predicted octanol–water partition coefficient (Wildman–Crippen LogP) is 3.51. The molecule has 0 radical (unpaired) electrons. The Morgan fingerprint density at radius 2 is 1.97 bits per heavy atom. The van der Waals surface area contributed by atoms with Crippen molar-refractivity contribution in [2.45, 2.75) is 19.5 Å². The van der Waals surface area contributed by atoms with E-state index in [0.717, 1.165) is 15.7 Å². The summed E-state index contributed by atoms with van der Waals surface area (Å²) < 4.78 is 2.66. The summed E-state index contributed by atoms with van der Waals surface area (Å²) >= 11 is 3.39.